The molecule has 2 heterocycles. The maximum Gasteiger partial charge on any atom is 0.335 e. The van der Waals surface area contributed by atoms with Crippen molar-refractivity contribution < 1.29 is 24.2 Å². The number of carbonyl (C=O) groups excluding carboxylic acids is 1. The first-order chi connectivity index (χ1) is 9.60. The second-order valence-electron chi connectivity index (χ2n) is 4.67. The molecule has 0 aliphatic carbocycles. The molecule has 0 aromatic heterocycles. The highest BCUT2D eigenvalue weighted by molar-refractivity contribution is 5.94. The van der Waals surface area contributed by atoms with Crippen LogP contribution >= 0.6 is 0 Å². The van der Waals surface area contributed by atoms with E-state index in [9.17, 15) is 9.59 Å². The zero-order chi connectivity index (χ0) is 14.5. The van der Waals surface area contributed by atoms with Gasteiger partial charge in [-0.2, -0.15) is 0 Å². The summed E-state index contributed by atoms with van der Waals surface area (Å²) >= 11 is 0. The van der Waals surface area contributed by atoms with Crippen molar-refractivity contribution in [1.82, 2.24) is 9.80 Å². The zero-order valence-electron chi connectivity index (χ0n) is 11.4. The Morgan fingerprint density at radius 2 is 1.95 bits per heavy atom. The fourth-order valence-electron chi connectivity index (χ4n) is 2.18. The van der Waals surface area contributed by atoms with Crippen LogP contribution in [-0.4, -0.2) is 66.9 Å². The lowest BCUT2D eigenvalue weighted by Gasteiger charge is -2.32. The molecule has 2 aliphatic rings. The average Bonchev–Trinajstić information content (AvgIpc) is 2.47. The summed E-state index contributed by atoms with van der Waals surface area (Å²) in [5.74, 6) is -1.52. The summed E-state index contributed by atoms with van der Waals surface area (Å²) in [6.45, 7) is 3.43. The summed E-state index contributed by atoms with van der Waals surface area (Å²) in [4.78, 5) is 26.6. The highest BCUT2D eigenvalue weighted by atomic mass is 16.5. The monoisotopic (exact) mass is 282 g/mol. The smallest absolute Gasteiger partial charge is 0.335 e. The van der Waals surface area contributed by atoms with Crippen LogP contribution in [0.5, 0.6) is 0 Å². The van der Waals surface area contributed by atoms with Crippen molar-refractivity contribution in [1.29, 1.82) is 0 Å². The molecule has 0 unspecified atom stereocenters. The van der Waals surface area contributed by atoms with Gasteiger partial charge in [-0.15, -0.1) is 0 Å². The fraction of sp³-hybridized carbons (Fsp3) is 0.538. The standard InChI is InChI=1S/C13H18N2O5/c1-19-13(18)11-6-10(12(16)17)7-15(8-11)9-14-2-4-20-5-3-14/h7-8H,2-6,9H2,1H3,(H,16,17). The third-order valence-electron chi connectivity index (χ3n) is 3.21. The van der Waals surface area contributed by atoms with Gasteiger partial charge in [0.05, 0.1) is 38.1 Å². The minimum Gasteiger partial charge on any atom is -0.478 e. The molecule has 0 aromatic carbocycles. The van der Waals surface area contributed by atoms with Crippen LogP contribution in [-0.2, 0) is 19.1 Å². The Balaban J connectivity index is 2.10. The van der Waals surface area contributed by atoms with Crippen LogP contribution in [0.15, 0.2) is 23.5 Å². The average molecular weight is 282 g/mol. The molecule has 20 heavy (non-hydrogen) atoms. The van der Waals surface area contributed by atoms with Crippen LogP contribution in [0.25, 0.3) is 0 Å². The number of hydrogen-bond acceptors (Lipinski definition) is 6. The van der Waals surface area contributed by atoms with E-state index in [1.165, 1.54) is 7.11 Å². The van der Waals surface area contributed by atoms with Gasteiger partial charge in [0.25, 0.3) is 0 Å². The summed E-state index contributed by atoms with van der Waals surface area (Å²) < 4.78 is 9.93. The van der Waals surface area contributed by atoms with Crippen molar-refractivity contribution in [2.45, 2.75) is 6.42 Å². The number of carboxylic acid groups (broad SMARTS) is 1. The Kier molecular flexibility index (Phi) is 4.75. The van der Waals surface area contributed by atoms with Gasteiger partial charge in [-0.1, -0.05) is 0 Å². The molecule has 7 heteroatoms. The summed E-state index contributed by atoms with van der Waals surface area (Å²) in [6.07, 6.45) is 3.29. The number of carboxylic acids is 1. The molecule has 2 aliphatic heterocycles. The van der Waals surface area contributed by atoms with Crippen LogP contribution in [0.2, 0.25) is 0 Å². The number of ether oxygens (including phenoxy) is 2. The Labute approximate surface area is 117 Å². The van der Waals surface area contributed by atoms with Crippen molar-refractivity contribution >= 4 is 11.9 Å². The lowest BCUT2D eigenvalue weighted by atomic mass is 10.0. The quantitative estimate of drug-likeness (QED) is 0.727. The molecule has 0 aromatic rings. The summed E-state index contributed by atoms with van der Waals surface area (Å²) in [6, 6.07) is 0. The van der Waals surface area contributed by atoms with Gasteiger partial charge in [0.1, 0.15) is 0 Å². The first-order valence-corrected chi connectivity index (χ1v) is 6.39. The molecule has 0 radical (unpaired) electrons. The third kappa shape index (κ3) is 3.58. The lowest BCUT2D eigenvalue weighted by Crippen LogP contribution is -2.42. The molecular weight excluding hydrogens is 264 g/mol. The maximum atomic E-state index is 11.6. The molecular formula is C13H18N2O5. The minimum atomic E-state index is -1.02. The normalized spacial score (nSPS) is 20.1. The minimum absolute atomic E-state index is 0.0849. The van der Waals surface area contributed by atoms with Crippen molar-refractivity contribution in [3.05, 3.63) is 23.5 Å². The highest BCUT2D eigenvalue weighted by Crippen LogP contribution is 2.20. The number of aliphatic carboxylic acids is 1. The molecule has 1 fully saturated rings. The Hall–Kier alpha value is -1.86. The first kappa shape index (κ1) is 14.5. The molecule has 2 rings (SSSR count). The molecule has 0 atom stereocenters. The topological polar surface area (TPSA) is 79.3 Å². The van der Waals surface area contributed by atoms with Gasteiger partial charge in [0.15, 0.2) is 0 Å². The van der Waals surface area contributed by atoms with E-state index < -0.39 is 11.9 Å². The number of esters is 1. The van der Waals surface area contributed by atoms with Crippen LogP contribution in [0.1, 0.15) is 6.42 Å². The van der Waals surface area contributed by atoms with E-state index in [-0.39, 0.29) is 12.0 Å². The SMILES string of the molecule is COC(=O)C1=CN(CN2CCOCC2)C=C(C(=O)O)C1. The molecule has 0 spiro atoms. The number of morpholine rings is 1. The van der Waals surface area contributed by atoms with Gasteiger partial charge < -0.3 is 19.5 Å². The van der Waals surface area contributed by atoms with E-state index in [0.717, 1.165) is 13.1 Å². The van der Waals surface area contributed by atoms with Crippen molar-refractivity contribution in [3.63, 3.8) is 0 Å². The largest absolute Gasteiger partial charge is 0.478 e. The van der Waals surface area contributed by atoms with Gasteiger partial charge >= 0.3 is 11.9 Å². The van der Waals surface area contributed by atoms with Gasteiger partial charge in [-0.05, 0) is 0 Å². The van der Waals surface area contributed by atoms with E-state index in [4.69, 9.17) is 9.84 Å². The van der Waals surface area contributed by atoms with Gasteiger partial charge in [0.2, 0.25) is 0 Å². The number of rotatable bonds is 4. The number of nitrogens with zero attached hydrogens (tertiary/aromatic N) is 2. The van der Waals surface area contributed by atoms with Gasteiger partial charge in [0, 0.05) is 31.9 Å². The molecule has 0 bridgehead atoms. The number of methoxy groups -OCH3 is 1. The van der Waals surface area contributed by atoms with Crippen molar-refractivity contribution in [2.24, 2.45) is 0 Å². The molecule has 7 nitrogen and oxygen atoms in total. The first-order valence-electron chi connectivity index (χ1n) is 6.39. The lowest BCUT2D eigenvalue weighted by molar-refractivity contribution is -0.136. The van der Waals surface area contributed by atoms with E-state index in [0.29, 0.717) is 25.5 Å². The molecule has 1 saturated heterocycles. The van der Waals surface area contributed by atoms with Crippen molar-refractivity contribution in [2.75, 3.05) is 40.1 Å². The summed E-state index contributed by atoms with van der Waals surface area (Å²) in [5, 5.41) is 9.13. The molecule has 0 saturated carbocycles. The van der Waals surface area contributed by atoms with Crippen molar-refractivity contribution in [3.8, 4) is 0 Å². The molecule has 1 N–H and O–H groups in total. The van der Waals surface area contributed by atoms with Gasteiger partial charge in [-0.3, -0.25) is 4.90 Å². The zero-order valence-corrected chi connectivity index (χ0v) is 11.4. The van der Waals surface area contributed by atoms with E-state index in [2.05, 4.69) is 9.64 Å². The number of hydrogen-bond donors (Lipinski definition) is 1. The van der Waals surface area contributed by atoms with E-state index in [1.807, 2.05) is 0 Å². The van der Waals surface area contributed by atoms with E-state index >= 15 is 0 Å². The Bertz CT molecular complexity index is 452. The summed E-state index contributed by atoms with van der Waals surface area (Å²) in [7, 11) is 1.29. The molecule has 110 valence electrons. The van der Waals surface area contributed by atoms with Gasteiger partial charge in [-0.25, -0.2) is 9.59 Å². The Morgan fingerprint density at radius 3 is 2.55 bits per heavy atom. The second-order valence-corrected chi connectivity index (χ2v) is 4.67. The predicted octanol–water partition coefficient (Wildman–Crippen LogP) is 0.00720. The van der Waals surface area contributed by atoms with Crippen LogP contribution in [0.4, 0.5) is 0 Å². The van der Waals surface area contributed by atoms with Crippen LogP contribution < -0.4 is 0 Å². The van der Waals surface area contributed by atoms with Crippen LogP contribution in [0, 0.1) is 0 Å². The fourth-order valence-corrected chi connectivity index (χ4v) is 2.18. The number of carbonyl (C=O) groups is 2. The summed E-state index contributed by atoms with van der Waals surface area (Å²) in [5.41, 5.74) is 0.529. The van der Waals surface area contributed by atoms with Crippen LogP contribution in [0.3, 0.4) is 0 Å². The Morgan fingerprint density at radius 1 is 1.30 bits per heavy atom. The van der Waals surface area contributed by atoms with E-state index in [1.54, 1.807) is 17.3 Å². The predicted molar refractivity (Wildman–Crippen MR) is 69.5 cm³/mol. The molecule has 0 amide bonds. The third-order valence-corrected chi connectivity index (χ3v) is 3.21. The second kappa shape index (κ2) is 6.53. The maximum absolute atomic E-state index is 11.6. The highest BCUT2D eigenvalue weighted by Gasteiger charge is 2.23.